The number of benzene rings is 2. The van der Waals surface area contributed by atoms with Crippen LogP contribution in [0.1, 0.15) is 17.2 Å². The normalized spacial score (nSPS) is 13.0. The van der Waals surface area contributed by atoms with E-state index >= 15 is 0 Å². The first-order chi connectivity index (χ1) is 10.2. The molecule has 0 heterocycles. The van der Waals surface area contributed by atoms with Crippen molar-refractivity contribution in [2.45, 2.75) is 12.4 Å². The first kappa shape index (κ1) is 16.2. The van der Waals surface area contributed by atoms with Crippen LogP contribution in [0, 0.1) is 17.5 Å². The summed E-state index contributed by atoms with van der Waals surface area (Å²) in [5.41, 5.74) is 5.61. The van der Waals surface area contributed by atoms with Crippen molar-refractivity contribution in [3.8, 4) is 5.75 Å². The number of hydrogen-bond acceptors (Lipinski definition) is 2. The number of rotatable bonds is 3. The van der Waals surface area contributed by atoms with E-state index in [1.807, 2.05) is 0 Å². The number of ether oxygens (including phenoxy) is 1. The van der Waals surface area contributed by atoms with Gasteiger partial charge in [-0.2, -0.15) is 0 Å². The quantitative estimate of drug-likeness (QED) is 0.684. The molecule has 2 nitrogen and oxygen atoms in total. The van der Waals surface area contributed by atoms with Crippen molar-refractivity contribution < 1.29 is 31.1 Å². The summed E-state index contributed by atoms with van der Waals surface area (Å²) >= 11 is 0. The molecule has 0 aliphatic carbocycles. The van der Waals surface area contributed by atoms with Crippen molar-refractivity contribution >= 4 is 0 Å². The highest BCUT2D eigenvalue weighted by Crippen LogP contribution is 2.28. The zero-order valence-corrected chi connectivity index (χ0v) is 10.8. The minimum Gasteiger partial charge on any atom is -0.406 e. The fourth-order valence-corrected chi connectivity index (χ4v) is 1.84. The van der Waals surface area contributed by atoms with Crippen LogP contribution in [0.5, 0.6) is 5.75 Å². The Balaban J connectivity index is 2.27. The van der Waals surface area contributed by atoms with E-state index in [9.17, 15) is 26.3 Å². The first-order valence-corrected chi connectivity index (χ1v) is 5.93. The maximum Gasteiger partial charge on any atom is 0.573 e. The average molecular weight is 321 g/mol. The number of nitrogens with two attached hydrogens (primary N) is 1. The van der Waals surface area contributed by atoms with Crippen LogP contribution in [-0.4, -0.2) is 6.36 Å². The largest absolute Gasteiger partial charge is 0.573 e. The maximum absolute atomic E-state index is 13.6. The molecule has 0 aliphatic heterocycles. The summed E-state index contributed by atoms with van der Waals surface area (Å²) in [7, 11) is 0. The van der Waals surface area contributed by atoms with Crippen molar-refractivity contribution in [1.82, 2.24) is 0 Å². The van der Waals surface area contributed by atoms with Gasteiger partial charge in [-0.15, -0.1) is 13.2 Å². The number of hydrogen-bond donors (Lipinski definition) is 1. The Bertz CT molecular complexity index is 668. The molecule has 0 saturated carbocycles. The van der Waals surface area contributed by atoms with Crippen molar-refractivity contribution in [1.29, 1.82) is 0 Å². The van der Waals surface area contributed by atoms with Crippen molar-refractivity contribution in [2.75, 3.05) is 0 Å². The lowest BCUT2D eigenvalue weighted by molar-refractivity contribution is -0.274. The SMILES string of the molecule is N[C@H](c1ccc(OC(F)(F)F)cc1)c1ccc(F)c(F)c1F. The van der Waals surface area contributed by atoms with Gasteiger partial charge in [-0.3, -0.25) is 0 Å². The third-order valence-electron chi connectivity index (χ3n) is 2.87. The molecule has 0 aliphatic rings. The summed E-state index contributed by atoms with van der Waals surface area (Å²) in [6, 6.07) is 4.84. The molecule has 0 spiro atoms. The molecular weight excluding hydrogens is 312 g/mol. The Labute approximate surface area is 121 Å². The molecule has 0 unspecified atom stereocenters. The van der Waals surface area contributed by atoms with Gasteiger partial charge in [0, 0.05) is 5.56 Å². The van der Waals surface area contributed by atoms with E-state index in [-0.39, 0.29) is 11.1 Å². The molecule has 2 rings (SSSR count). The second-order valence-electron chi connectivity index (χ2n) is 4.36. The van der Waals surface area contributed by atoms with Gasteiger partial charge in [0.25, 0.3) is 0 Å². The van der Waals surface area contributed by atoms with Gasteiger partial charge in [0.2, 0.25) is 0 Å². The fourth-order valence-electron chi connectivity index (χ4n) is 1.84. The fraction of sp³-hybridized carbons (Fsp3) is 0.143. The van der Waals surface area contributed by atoms with Crippen LogP contribution in [0.15, 0.2) is 36.4 Å². The Morgan fingerprint density at radius 2 is 1.45 bits per heavy atom. The van der Waals surface area contributed by atoms with Crippen LogP contribution in [0.4, 0.5) is 26.3 Å². The summed E-state index contributed by atoms with van der Waals surface area (Å²) in [5.74, 6) is -4.94. The van der Waals surface area contributed by atoms with Gasteiger partial charge in [0.05, 0.1) is 6.04 Å². The van der Waals surface area contributed by atoms with Crippen LogP contribution < -0.4 is 10.5 Å². The lowest BCUT2D eigenvalue weighted by atomic mass is 9.99. The maximum atomic E-state index is 13.6. The van der Waals surface area contributed by atoms with Gasteiger partial charge < -0.3 is 10.5 Å². The molecule has 118 valence electrons. The molecule has 0 radical (unpaired) electrons. The predicted octanol–water partition coefficient (Wildman–Crippen LogP) is 4.05. The van der Waals surface area contributed by atoms with Crippen molar-refractivity contribution in [3.05, 3.63) is 65.0 Å². The molecule has 22 heavy (non-hydrogen) atoms. The Morgan fingerprint density at radius 1 is 0.864 bits per heavy atom. The standard InChI is InChI=1S/C14H9F6NO/c15-10-6-5-9(11(16)12(10)17)13(21)7-1-3-8(4-2-7)22-14(18,19)20/h1-6,13H,21H2/t13-/m1/s1. The van der Waals surface area contributed by atoms with E-state index in [1.165, 1.54) is 12.1 Å². The Morgan fingerprint density at radius 3 is 2.00 bits per heavy atom. The first-order valence-electron chi connectivity index (χ1n) is 5.93. The van der Waals surface area contributed by atoms with Gasteiger partial charge in [0.1, 0.15) is 5.75 Å². The van der Waals surface area contributed by atoms with Gasteiger partial charge in [0.15, 0.2) is 17.5 Å². The lowest BCUT2D eigenvalue weighted by Crippen LogP contribution is -2.17. The third-order valence-corrected chi connectivity index (χ3v) is 2.87. The average Bonchev–Trinajstić information content (AvgIpc) is 2.43. The Hall–Kier alpha value is -2.22. The summed E-state index contributed by atoms with van der Waals surface area (Å²) in [4.78, 5) is 0. The van der Waals surface area contributed by atoms with Crippen LogP contribution in [0.3, 0.4) is 0 Å². The second-order valence-corrected chi connectivity index (χ2v) is 4.36. The van der Waals surface area contributed by atoms with E-state index in [0.29, 0.717) is 0 Å². The van der Waals surface area contributed by atoms with E-state index in [0.717, 1.165) is 24.3 Å². The molecule has 0 saturated heterocycles. The van der Waals surface area contributed by atoms with E-state index in [4.69, 9.17) is 5.73 Å². The topological polar surface area (TPSA) is 35.2 Å². The molecule has 2 aromatic rings. The van der Waals surface area contributed by atoms with Crippen LogP contribution in [0.2, 0.25) is 0 Å². The van der Waals surface area contributed by atoms with Crippen LogP contribution in [-0.2, 0) is 0 Å². The van der Waals surface area contributed by atoms with Gasteiger partial charge in [-0.1, -0.05) is 18.2 Å². The highest BCUT2D eigenvalue weighted by Gasteiger charge is 2.31. The van der Waals surface area contributed by atoms with Gasteiger partial charge >= 0.3 is 6.36 Å². The minimum absolute atomic E-state index is 0.208. The van der Waals surface area contributed by atoms with Crippen LogP contribution >= 0.6 is 0 Å². The molecule has 0 amide bonds. The monoisotopic (exact) mass is 321 g/mol. The highest BCUT2D eigenvalue weighted by atomic mass is 19.4. The zero-order chi connectivity index (χ0) is 16.5. The third kappa shape index (κ3) is 3.51. The molecule has 2 aromatic carbocycles. The molecule has 0 aromatic heterocycles. The van der Waals surface area contributed by atoms with Crippen LogP contribution in [0.25, 0.3) is 0 Å². The summed E-state index contributed by atoms with van der Waals surface area (Å²) in [6.45, 7) is 0. The van der Waals surface area contributed by atoms with Crippen molar-refractivity contribution in [2.24, 2.45) is 5.73 Å². The minimum atomic E-state index is -4.84. The highest BCUT2D eigenvalue weighted by molar-refractivity contribution is 5.36. The van der Waals surface area contributed by atoms with Gasteiger partial charge in [-0.25, -0.2) is 13.2 Å². The molecule has 2 N–H and O–H groups in total. The smallest absolute Gasteiger partial charge is 0.406 e. The number of alkyl halides is 3. The molecule has 0 fully saturated rings. The van der Waals surface area contributed by atoms with E-state index in [1.54, 1.807) is 0 Å². The second kappa shape index (κ2) is 5.88. The molecule has 8 heteroatoms. The lowest BCUT2D eigenvalue weighted by Gasteiger charge is -2.15. The van der Waals surface area contributed by atoms with E-state index in [2.05, 4.69) is 4.74 Å². The van der Waals surface area contributed by atoms with Crippen molar-refractivity contribution in [3.63, 3.8) is 0 Å². The van der Waals surface area contributed by atoms with E-state index < -0.39 is 35.6 Å². The summed E-state index contributed by atoms with van der Waals surface area (Å²) < 4.78 is 79.4. The Kier molecular flexibility index (Phi) is 4.32. The summed E-state index contributed by atoms with van der Waals surface area (Å²) in [6.07, 6.45) is -4.84. The molecular formula is C14H9F6NO. The zero-order valence-electron chi connectivity index (χ0n) is 10.8. The summed E-state index contributed by atoms with van der Waals surface area (Å²) in [5, 5.41) is 0. The molecule has 0 bridgehead atoms. The number of halogens is 6. The molecule has 1 atom stereocenters. The van der Waals surface area contributed by atoms with Gasteiger partial charge in [-0.05, 0) is 23.8 Å². The predicted molar refractivity (Wildman–Crippen MR) is 65.5 cm³/mol.